The summed E-state index contributed by atoms with van der Waals surface area (Å²) in [5.74, 6) is -3.62. The number of methoxy groups -OCH3 is 1. The first-order chi connectivity index (χ1) is 14.6. The second-order valence-corrected chi connectivity index (χ2v) is 7.74. The van der Waals surface area contributed by atoms with E-state index in [-0.39, 0.29) is 35.7 Å². The maximum atomic E-state index is 13.4. The van der Waals surface area contributed by atoms with Crippen LogP contribution in [0.15, 0.2) is 23.0 Å². The zero-order valence-electron chi connectivity index (χ0n) is 17.1. The highest BCUT2D eigenvalue weighted by molar-refractivity contribution is 6.30. The summed E-state index contributed by atoms with van der Waals surface area (Å²) in [6.07, 6.45) is -0.174. The van der Waals surface area contributed by atoms with E-state index in [1.54, 1.807) is 13.8 Å². The van der Waals surface area contributed by atoms with E-state index in [0.717, 1.165) is 11.0 Å². The van der Waals surface area contributed by atoms with Crippen molar-refractivity contribution in [1.82, 2.24) is 9.47 Å². The highest BCUT2D eigenvalue weighted by atomic mass is 35.5. The highest BCUT2D eigenvalue weighted by Crippen LogP contribution is 2.33. The lowest BCUT2D eigenvalue weighted by Gasteiger charge is -2.19. The molecule has 1 aromatic heterocycles. The fraction of sp³-hybridized carbons (Fsp3) is 0.333. The van der Waals surface area contributed by atoms with Gasteiger partial charge >= 0.3 is 5.97 Å². The highest BCUT2D eigenvalue weighted by Gasteiger charge is 2.42. The fourth-order valence-electron chi connectivity index (χ4n) is 3.61. The Hall–Kier alpha value is -3.20. The lowest BCUT2D eigenvalue weighted by Crippen LogP contribution is -2.30. The number of aromatic nitrogens is 1. The SMILES string of the molecule is COC(=O)CCc1c2c(c(O)c(=O)n1C(C)C)C(=O)N(Cc1ccc(F)c(Cl)c1)C2=O. The Labute approximate surface area is 181 Å². The summed E-state index contributed by atoms with van der Waals surface area (Å²) in [7, 11) is 1.21. The molecule has 0 saturated carbocycles. The van der Waals surface area contributed by atoms with Crippen LogP contribution in [-0.2, 0) is 22.5 Å². The van der Waals surface area contributed by atoms with Gasteiger partial charge in [0.1, 0.15) is 11.4 Å². The number of fused-ring (bicyclic) bond motifs is 1. The van der Waals surface area contributed by atoms with Crippen molar-refractivity contribution in [3.63, 3.8) is 0 Å². The average molecular weight is 451 g/mol. The standard InChI is InChI=1S/C21H20ClFN2O6/c1-10(2)25-14(6-7-15(26)31-3)16-17(18(27)21(25)30)20(29)24(19(16)28)9-11-4-5-13(23)12(22)8-11/h4-5,8,10,27H,6-7,9H2,1-3H3. The molecule has 3 rings (SSSR count). The van der Waals surface area contributed by atoms with E-state index in [1.807, 2.05) is 0 Å². The molecule has 0 saturated heterocycles. The number of hydrogen-bond donors (Lipinski definition) is 1. The van der Waals surface area contributed by atoms with Crippen LogP contribution in [0.3, 0.4) is 0 Å². The summed E-state index contributed by atoms with van der Waals surface area (Å²) < 4.78 is 19.3. The summed E-state index contributed by atoms with van der Waals surface area (Å²) in [4.78, 5) is 51.4. The molecule has 0 aliphatic carbocycles. The number of halogens is 2. The summed E-state index contributed by atoms with van der Waals surface area (Å²) >= 11 is 5.78. The minimum Gasteiger partial charge on any atom is -0.502 e. The van der Waals surface area contributed by atoms with Gasteiger partial charge in [-0.05, 0) is 38.0 Å². The van der Waals surface area contributed by atoms with Gasteiger partial charge in [0.25, 0.3) is 17.4 Å². The van der Waals surface area contributed by atoms with Crippen LogP contribution in [0.4, 0.5) is 4.39 Å². The van der Waals surface area contributed by atoms with Crippen LogP contribution >= 0.6 is 11.6 Å². The summed E-state index contributed by atoms with van der Waals surface area (Å²) in [6.45, 7) is 3.11. The van der Waals surface area contributed by atoms with Gasteiger partial charge in [-0.15, -0.1) is 0 Å². The van der Waals surface area contributed by atoms with Crippen molar-refractivity contribution in [2.75, 3.05) is 7.11 Å². The number of amides is 2. The molecular formula is C21H20ClFN2O6. The number of nitrogens with zero attached hydrogens (tertiary/aromatic N) is 2. The first-order valence-corrected chi connectivity index (χ1v) is 9.83. The van der Waals surface area contributed by atoms with E-state index in [0.29, 0.717) is 5.56 Å². The van der Waals surface area contributed by atoms with Gasteiger partial charge in [-0.3, -0.25) is 24.1 Å². The number of hydrogen-bond acceptors (Lipinski definition) is 6. The van der Waals surface area contributed by atoms with Crippen LogP contribution in [0.5, 0.6) is 5.75 Å². The first-order valence-electron chi connectivity index (χ1n) is 9.45. The first kappa shape index (κ1) is 22.5. The number of imide groups is 1. The van der Waals surface area contributed by atoms with E-state index in [9.17, 15) is 28.7 Å². The third-order valence-electron chi connectivity index (χ3n) is 5.04. The maximum absolute atomic E-state index is 13.4. The van der Waals surface area contributed by atoms with Gasteiger partial charge in [0.15, 0.2) is 5.75 Å². The lowest BCUT2D eigenvalue weighted by molar-refractivity contribution is -0.140. The zero-order valence-corrected chi connectivity index (χ0v) is 17.8. The van der Waals surface area contributed by atoms with Gasteiger partial charge in [0, 0.05) is 11.7 Å². The van der Waals surface area contributed by atoms with E-state index >= 15 is 0 Å². The van der Waals surface area contributed by atoms with Crippen LogP contribution < -0.4 is 5.56 Å². The molecule has 1 aliphatic rings. The second-order valence-electron chi connectivity index (χ2n) is 7.34. The van der Waals surface area contributed by atoms with Gasteiger partial charge in [-0.25, -0.2) is 4.39 Å². The van der Waals surface area contributed by atoms with Crippen molar-refractivity contribution in [3.8, 4) is 5.75 Å². The summed E-state index contributed by atoms with van der Waals surface area (Å²) in [5, 5.41) is 10.3. The van der Waals surface area contributed by atoms with Crippen LogP contribution in [0, 0.1) is 5.82 Å². The zero-order chi connectivity index (χ0) is 23.0. The van der Waals surface area contributed by atoms with E-state index < -0.39 is 46.5 Å². The summed E-state index contributed by atoms with van der Waals surface area (Å²) in [6, 6.07) is 3.31. The number of rotatable bonds is 6. The van der Waals surface area contributed by atoms with Crippen LogP contribution in [0.1, 0.15) is 58.3 Å². The molecule has 2 amide bonds. The Morgan fingerprint density at radius 1 is 1.19 bits per heavy atom. The van der Waals surface area contributed by atoms with Crippen molar-refractivity contribution >= 4 is 29.4 Å². The van der Waals surface area contributed by atoms with Crippen molar-refractivity contribution in [1.29, 1.82) is 0 Å². The minimum atomic E-state index is -0.856. The minimum absolute atomic E-state index is 0.0437. The Morgan fingerprint density at radius 3 is 2.42 bits per heavy atom. The third-order valence-corrected chi connectivity index (χ3v) is 5.33. The Morgan fingerprint density at radius 2 is 1.84 bits per heavy atom. The second kappa shape index (κ2) is 8.50. The lowest BCUT2D eigenvalue weighted by atomic mass is 10.0. The van der Waals surface area contributed by atoms with E-state index in [1.165, 1.54) is 23.8 Å². The predicted octanol–water partition coefficient (Wildman–Crippen LogP) is 2.83. The number of ether oxygens (including phenoxy) is 1. The molecular weight excluding hydrogens is 431 g/mol. The molecule has 0 radical (unpaired) electrons. The van der Waals surface area contributed by atoms with Crippen molar-refractivity contribution in [2.45, 2.75) is 39.3 Å². The molecule has 0 spiro atoms. The largest absolute Gasteiger partial charge is 0.502 e. The third kappa shape index (κ3) is 3.93. The molecule has 0 atom stereocenters. The van der Waals surface area contributed by atoms with Crippen molar-refractivity contribution in [3.05, 3.63) is 61.8 Å². The Kier molecular flexibility index (Phi) is 6.17. The number of carbonyl (C=O) groups is 3. The Balaban J connectivity index is 2.12. The van der Waals surface area contributed by atoms with Crippen molar-refractivity contribution < 1.29 is 28.6 Å². The monoisotopic (exact) mass is 450 g/mol. The van der Waals surface area contributed by atoms with E-state index in [4.69, 9.17) is 11.6 Å². The number of benzene rings is 1. The molecule has 2 heterocycles. The molecule has 8 nitrogen and oxygen atoms in total. The molecule has 2 aromatic rings. The van der Waals surface area contributed by atoms with Crippen LogP contribution in [-0.4, -0.2) is 39.5 Å². The number of esters is 1. The average Bonchev–Trinajstić information content (AvgIpc) is 2.96. The van der Waals surface area contributed by atoms with Gasteiger partial charge < -0.3 is 14.4 Å². The summed E-state index contributed by atoms with van der Waals surface area (Å²) in [5.41, 5.74) is -0.818. The van der Waals surface area contributed by atoms with Gasteiger partial charge in [-0.2, -0.15) is 0 Å². The van der Waals surface area contributed by atoms with Gasteiger partial charge in [0.05, 0.1) is 30.7 Å². The smallest absolute Gasteiger partial charge is 0.305 e. The molecule has 0 bridgehead atoms. The van der Waals surface area contributed by atoms with Crippen LogP contribution in [0.2, 0.25) is 5.02 Å². The molecule has 1 aliphatic heterocycles. The van der Waals surface area contributed by atoms with Crippen LogP contribution in [0.25, 0.3) is 0 Å². The number of pyridine rings is 1. The molecule has 164 valence electrons. The predicted molar refractivity (Wildman–Crippen MR) is 109 cm³/mol. The molecule has 10 heteroatoms. The number of carbonyl (C=O) groups excluding carboxylic acids is 3. The normalized spacial score (nSPS) is 13.2. The van der Waals surface area contributed by atoms with Crippen molar-refractivity contribution in [2.24, 2.45) is 0 Å². The fourth-order valence-corrected chi connectivity index (χ4v) is 3.81. The molecule has 0 unspecified atom stereocenters. The molecule has 1 N–H and O–H groups in total. The maximum Gasteiger partial charge on any atom is 0.305 e. The van der Waals surface area contributed by atoms with Gasteiger partial charge in [-0.1, -0.05) is 17.7 Å². The molecule has 31 heavy (non-hydrogen) atoms. The topological polar surface area (TPSA) is 106 Å². The molecule has 1 aromatic carbocycles. The number of aromatic hydroxyl groups is 1. The molecule has 0 fully saturated rings. The Bertz CT molecular complexity index is 1160. The quantitative estimate of drug-likeness (QED) is 0.536. The van der Waals surface area contributed by atoms with Gasteiger partial charge in [0.2, 0.25) is 0 Å². The van der Waals surface area contributed by atoms with E-state index in [2.05, 4.69) is 4.74 Å².